The molecule has 5 nitrogen and oxygen atoms in total. The molecule has 20 heavy (non-hydrogen) atoms. The lowest BCUT2D eigenvalue weighted by molar-refractivity contribution is -0.138. The van der Waals surface area contributed by atoms with Crippen LogP contribution in [0, 0.1) is 0 Å². The van der Waals surface area contributed by atoms with Gasteiger partial charge in [0.05, 0.1) is 19.6 Å². The summed E-state index contributed by atoms with van der Waals surface area (Å²) in [5, 5.41) is 19.4. The van der Waals surface area contributed by atoms with Crippen LogP contribution in [0.4, 0.5) is 0 Å². The molecule has 0 atom stereocenters. The van der Waals surface area contributed by atoms with E-state index in [0.29, 0.717) is 37.6 Å². The van der Waals surface area contributed by atoms with Crippen molar-refractivity contribution in [2.24, 2.45) is 0 Å². The lowest BCUT2D eigenvalue weighted by Gasteiger charge is -2.28. The van der Waals surface area contributed by atoms with Gasteiger partial charge in [0.15, 0.2) is 11.5 Å². The van der Waals surface area contributed by atoms with Crippen LogP contribution in [-0.2, 0) is 23.1 Å². The first kappa shape index (κ1) is 13.1. The van der Waals surface area contributed by atoms with Crippen LogP contribution in [0.1, 0.15) is 37.0 Å². The molecule has 0 unspecified atom stereocenters. The summed E-state index contributed by atoms with van der Waals surface area (Å²) in [4.78, 5) is 11.1. The molecule has 0 radical (unpaired) electrons. The summed E-state index contributed by atoms with van der Waals surface area (Å²) >= 11 is 0. The smallest absolute Gasteiger partial charge is 0.304 e. The highest BCUT2D eigenvalue weighted by Crippen LogP contribution is 2.52. The Balaban J connectivity index is 2.23. The third-order valence-corrected chi connectivity index (χ3v) is 4.04. The van der Waals surface area contributed by atoms with Crippen LogP contribution in [-0.4, -0.2) is 29.4 Å². The van der Waals surface area contributed by atoms with Crippen LogP contribution in [0.3, 0.4) is 0 Å². The summed E-state index contributed by atoms with van der Waals surface area (Å²) < 4.78 is 11.2. The average Bonchev–Trinajstić information content (AvgIpc) is 2.94. The standard InChI is InChI=1S/C15H18O5/c1-15(2,7-10(16)17)11-8-3-5-20-14(8)12(18)9-4-6-19-13(9)11/h18H,3-7H2,1-2H3,(H,16,17). The summed E-state index contributed by atoms with van der Waals surface area (Å²) in [7, 11) is 0. The van der Waals surface area contributed by atoms with E-state index >= 15 is 0 Å². The zero-order chi connectivity index (χ0) is 14.5. The molecular weight excluding hydrogens is 260 g/mol. The fourth-order valence-corrected chi connectivity index (χ4v) is 3.27. The molecule has 0 spiro atoms. The summed E-state index contributed by atoms with van der Waals surface area (Å²) in [6.45, 7) is 4.83. The summed E-state index contributed by atoms with van der Waals surface area (Å²) in [5.74, 6) is 0.503. The molecule has 1 aromatic carbocycles. The minimum absolute atomic E-state index is 0.0139. The van der Waals surface area contributed by atoms with Gasteiger partial charge in [0.2, 0.25) is 0 Å². The Hall–Kier alpha value is -1.91. The zero-order valence-electron chi connectivity index (χ0n) is 11.7. The molecule has 0 fully saturated rings. The Labute approximate surface area is 117 Å². The molecule has 2 aliphatic heterocycles. The van der Waals surface area contributed by atoms with Crippen molar-refractivity contribution in [3.63, 3.8) is 0 Å². The van der Waals surface area contributed by atoms with Crippen molar-refractivity contribution in [3.05, 3.63) is 16.7 Å². The number of phenolic OH excluding ortho intramolecular Hbond substituents is 1. The number of hydrogen-bond acceptors (Lipinski definition) is 4. The quantitative estimate of drug-likeness (QED) is 0.884. The molecule has 0 saturated heterocycles. The zero-order valence-corrected chi connectivity index (χ0v) is 11.7. The number of ether oxygens (including phenoxy) is 2. The Morgan fingerprint density at radius 1 is 1.15 bits per heavy atom. The molecule has 0 aromatic heterocycles. The topological polar surface area (TPSA) is 76.0 Å². The van der Waals surface area contributed by atoms with Crippen molar-refractivity contribution in [3.8, 4) is 17.2 Å². The van der Waals surface area contributed by atoms with Crippen LogP contribution in [0.5, 0.6) is 17.2 Å². The second kappa shape index (κ2) is 4.30. The normalized spacial score (nSPS) is 16.3. The molecule has 1 aromatic rings. The van der Waals surface area contributed by atoms with Gasteiger partial charge in [-0.25, -0.2) is 0 Å². The fraction of sp³-hybridized carbons (Fsp3) is 0.533. The van der Waals surface area contributed by atoms with E-state index in [1.54, 1.807) is 0 Å². The van der Waals surface area contributed by atoms with Gasteiger partial charge in [-0.1, -0.05) is 13.8 Å². The molecule has 3 rings (SSSR count). The van der Waals surface area contributed by atoms with Gasteiger partial charge >= 0.3 is 5.97 Å². The van der Waals surface area contributed by atoms with Crippen LogP contribution in [0.2, 0.25) is 0 Å². The summed E-state index contributed by atoms with van der Waals surface area (Å²) in [6.07, 6.45) is 1.33. The van der Waals surface area contributed by atoms with Crippen molar-refractivity contribution in [1.29, 1.82) is 0 Å². The molecule has 5 heteroatoms. The van der Waals surface area contributed by atoms with Gasteiger partial charge in [-0.15, -0.1) is 0 Å². The third-order valence-electron chi connectivity index (χ3n) is 4.04. The van der Waals surface area contributed by atoms with Gasteiger partial charge in [0.1, 0.15) is 5.75 Å². The molecule has 0 aliphatic carbocycles. The first-order valence-electron chi connectivity index (χ1n) is 6.80. The highest BCUT2D eigenvalue weighted by atomic mass is 16.5. The van der Waals surface area contributed by atoms with Gasteiger partial charge in [0, 0.05) is 34.9 Å². The van der Waals surface area contributed by atoms with Crippen LogP contribution in [0.15, 0.2) is 0 Å². The van der Waals surface area contributed by atoms with Crippen molar-refractivity contribution < 1.29 is 24.5 Å². The summed E-state index contributed by atoms with van der Waals surface area (Å²) in [6, 6.07) is 0. The fourth-order valence-electron chi connectivity index (χ4n) is 3.27. The van der Waals surface area contributed by atoms with E-state index in [1.807, 2.05) is 13.8 Å². The first-order chi connectivity index (χ1) is 9.42. The number of fused-ring (bicyclic) bond motifs is 2. The van der Waals surface area contributed by atoms with Gasteiger partial charge in [-0.2, -0.15) is 0 Å². The van der Waals surface area contributed by atoms with Crippen molar-refractivity contribution >= 4 is 5.97 Å². The number of phenols is 1. The van der Waals surface area contributed by atoms with Crippen molar-refractivity contribution in [2.45, 2.75) is 38.5 Å². The van der Waals surface area contributed by atoms with Crippen molar-refractivity contribution in [1.82, 2.24) is 0 Å². The predicted molar refractivity (Wildman–Crippen MR) is 71.8 cm³/mol. The SMILES string of the molecule is CC(C)(CC(=O)O)c1c2c(c(O)c3c1OCC3)OCC2. The Kier molecular flexibility index (Phi) is 2.81. The molecule has 0 bridgehead atoms. The van der Waals surface area contributed by atoms with Crippen LogP contribution >= 0.6 is 0 Å². The second-order valence-electron chi connectivity index (χ2n) is 5.99. The number of hydrogen-bond donors (Lipinski definition) is 2. The molecule has 2 aliphatic rings. The van der Waals surface area contributed by atoms with E-state index in [9.17, 15) is 9.90 Å². The van der Waals surface area contributed by atoms with Crippen LogP contribution in [0.25, 0.3) is 0 Å². The highest BCUT2D eigenvalue weighted by Gasteiger charge is 2.38. The maximum Gasteiger partial charge on any atom is 0.304 e. The van der Waals surface area contributed by atoms with Crippen molar-refractivity contribution in [2.75, 3.05) is 13.2 Å². The lowest BCUT2D eigenvalue weighted by Crippen LogP contribution is -2.24. The molecule has 108 valence electrons. The van der Waals surface area contributed by atoms with E-state index in [4.69, 9.17) is 14.6 Å². The molecule has 0 saturated carbocycles. The van der Waals surface area contributed by atoms with Crippen LogP contribution < -0.4 is 9.47 Å². The largest absolute Gasteiger partial charge is 0.504 e. The molecule has 0 amide bonds. The van der Waals surface area contributed by atoms with Gasteiger partial charge in [0.25, 0.3) is 0 Å². The Bertz CT molecular complexity index is 553. The maximum atomic E-state index is 11.1. The number of aromatic hydroxyl groups is 1. The second-order valence-corrected chi connectivity index (χ2v) is 5.99. The summed E-state index contributed by atoms with van der Waals surface area (Å²) in [5.41, 5.74) is 1.97. The predicted octanol–water partition coefficient (Wildman–Crippen LogP) is 2.01. The van der Waals surface area contributed by atoms with E-state index < -0.39 is 11.4 Å². The molecule has 2 N–H and O–H groups in total. The first-order valence-corrected chi connectivity index (χ1v) is 6.80. The average molecular weight is 278 g/mol. The Morgan fingerprint density at radius 3 is 2.40 bits per heavy atom. The number of aliphatic carboxylic acids is 1. The lowest BCUT2D eigenvalue weighted by atomic mass is 9.77. The van der Waals surface area contributed by atoms with E-state index in [1.165, 1.54) is 0 Å². The monoisotopic (exact) mass is 278 g/mol. The number of carboxylic acid groups (broad SMARTS) is 1. The van der Waals surface area contributed by atoms with Gasteiger partial charge in [-0.05, 0) is 0 Å². The Morgan fingerprint density at radius 2 is 1.75 bits per heavy atom. The van der Waals surface area contributed by atoms with E-state index in [2.05, 4.69) is 0 Å². The van der Waals surface area contributed by atoms with E-state index in [-0.39, 0.29) is 12.2 Å². The number of carbonyl (C=O) groups is 1. The molecular formula is C15H18O5. The number of benzene rings is 1. The molecule has 2 heterocycles. The number of rotatable bonds is 3. The third kappa shape index (κ3) is 1.80. The minimum atomic E-state index is -0.845. The van der Waals surface area contributed by atoms with Gasteiger partial charge in [-0.3, -0.25) is 4.79 Å². The van der Waals surface area contributed by atoms with Gasteiger partial charge < -0.3 is 19.7 Å². The highest BCUT2D eigenvalue weighted by molar-refractivity contribution is 5.72. The van der Waals surface area contributed by atoms with E-state index in [0.717, 1.165) is 16.7 Å². The minimum Gasteiger partial charge on any atom is -0.504 e. The maximum absolute atomic E-state index is 11.1. The number of carboxylic acids is 1.